The Balaban J connectivity index is 1.65. The van der Waals surface area contributed by atoms with Crippen LogP contribution in [0, 0.1) is 0 Å². The summed E-state index contributed by atoms with van der Waals surface area (Å²) in [4.78, 5) is 0. The molecule has 0 aliphatic heterocycles. The molecule has 1 aliphatic rings. The lowest BCUT2D eigenvalue weighted by Gasteiger charge is -2.19. The third-order valence-electron chi connectivity index (χ3n) is 4.57. The molecule has 3 heteroatoms. The van der Waals surface area contributed by atoms with Crippen molar-refractivity contribution in [2.75, 3.05) is 14.2 Å². The smallest absolute Gasteiger partial charge is 0.164 e. The molecule has 0 aromatic heterocycles. The first-order valence-electron chi connectivity index (χ1n) is 8.24. The minimum absolute atomic E-state index is 0.449. The second-order valence-electron chi connectivity index (χ2n) is 6.30. The first-order valence-corrected chi connectivity index (χ1v) is 8.24. The first kappa shape index (κ1) is 15.9. The Morgan fingerprint density at radius 3 is 2.52 bits per heavy atom. The Labute approximate surface area is 138 Å². The molecule has 122 valence electrons. The van der Waals surface area contributed by atoms with Gasteiger partial charge in [0, 0.05) is 17.6 Å². The van der Waals surface area contributed by atoms with Gasteiger partial charge in [-0.2, -0.15) is 0 Å². The highest BCUT2D eigenvalue weighted by Gasteiger charge is 2.27. The summed E-state index contributed by atoms with van der Waals surface area (Å²) in [5.74, 6) is 1.72. The Morgan fingerprint density at radius 2 is 1.83 bits per heavy atom. The number of nitrogens with one attached hydrogen (secondary N) is 1. The highest BCUT2D eigenvalue weighted by Crippen LogP contribution is 2.38. The summed E-state index contributed by atoms with van der Waals surface area (Å²) in [5, 5.41) is 3.77. The monoisotopic (exact) mass is 311 g/mol. The lowest BCUT2D eigenvalue weighted by atomic mass is 10.1. The molecular formula is C20H25NO2. The summed E-state index contributed by atoms with van der Waals surface area (Å²) in [5.41, 5.74) is 4.03. The second kappa shape index (κ2) is 7.05. The van der Waals surface area contributed by atoms with E-state index < -0.39 is 0 Å². The molecule has 0 amide bonds. The van der Waals surface area contributed by atoms with Gasteiger partial charge in [-0.15, -0.1) is 0 Å². The average molecular weight is 311 g/mol. The molecule has 0 fully saturated rings. The maximum Gasteiger partial charge on any atom is 0.164 e. The molecule has 0 saturated carbocycles. The quantitative estimate of drug-likeness (QED) is 0.887. The van der Waals surface area contributed by atoms with E-state index in [-0.39, 0.29) is 0 Å². The van der Waals surface area contributed by atoms with Crippen molar-refractivity contribution in [3.63, 3.8) is 0 Å². The number of hydrogen-bond donors (Lipinski definition) is 1. The van der Waals surface area contributed by atoms with Crippen molar-refractivity contribution in [3.8, 4) is 11.5 Å². The molecule has 0 heterocycles. The summed E-state index contributed by atoms with van der Waals surface area (Å²) in [6, 6.07) is 15.7. The van der Waals surface area contributed by atoms with Crippen LogP contribution in [0.25, 0.3) is 0 Å². The van der Waals surface area contributed by atoms with E-state index in [1.807, 2.05) is 6.07 Å². The van der Waals surface area contributed by atoms with Crippen molar-refractivity contribution in [3.05, 3.63) is 59.2 Å². The van der Waals surface area contributed by atoms with Crippen LogP contribution in [0.4, 0.5) is 0 Å². The second-order valence-corrected chi connectivity index (χ2v) is 6.30. The molecule has 0 spiro atoms. The van der Waals surface area contributed by atoms with Crippen LogP contribution < -0.4 is 14.8 Å². The predicted molar refractivity (Wildman–Crippen MR) is 93.5 cm³/mol. The number of benzene rings is 2. The minimum atomic E-state index is 0.449. The third-order valence-corrected chi connectivity index (χ3v) is 4.57. The van der Waals surface area contributed by atoms with Gasteiger partial charge in [-0.3, -0.25) is 0 Å². The molecule has 0 saturated heterocycles. The molecule has 0 radical (unpaired) electrons. The Kier molecular flexibility index (Phi) is 4.87. The normalized spacial score (nSPS) is 17.6. The maximum absolute atomic E-state index is 5.58. The van der Waals surface area contributed by atoms with Crippen molar-refractivity contribution in [1.82, 2.24) is 5.32 Å². The van der Waals surface area contributed by atoms with Gasteiger partial charge in [0.2, 0.25) is 0 Å². The zero-order chi connectivity index (χ0) is 16.2. The van der Waals surface area contributed by atoms with Gasteiger partial charge in [0.15, 0.2) is 11.5 Å². The molecule has 2 unspecified atom stereocenters. The van der Waals surface area contributed by atoms with Crippen molar-refractivity contribution >= 4 is 0 Å². The molecule has 2 aromatic carbocycles. The molecule has 2 atom stereocenters. The number of methoxy groups -OCH3 is 2. The van der Waals surface area contributed by atoms with E-state index in [2.05, 4.69) is 48.6 Å². The van der Waals surface area contributed by atoms with Crippen LogP contribution in [0.2, 0.25) is 0 Å². The zero-order valence-corrected chi connectivity index (χ0v) is 14.1. The fraction of sp³-hybridized carbons (Fsp3) is 0.400. The zero-order valence-electron chi connectivity index (χ0n) is 14.1. The molecule has 2 aromatic rings. The van der Waals surface area contributed by atoms with E-state index in [4.69, 9.17) is 9.47 Å². The molecule has 1 N–H and O–H groups in total. The molecule has 3 rings (SSSR count). The van der Waals surface area contributed by atoms with E-state index in [1.54, 1.807) is 14.2 Å². The molecular weight excluding hydrogens is 286 g/mol. The molecule has 1 aliphatic carbocycles. The molecule has 3 nitrogen and oxygen atoms in total. The van der Waals surface area contributed by atoms with Gasteiger partial charge in [-0.25, -0.2) is 0 Å². The van der Waals surface area contributed by atoms with E-state index >= 15 is 0 Å². The largest absolute Gasteiger partial charge is 0.493 e. The molecule has 23 heavy (non-hydrogen) atoms. The van der Waals surface area contributed by atoms with Gasteiger partial charge < -0.3 is 14.8 Å². The standard InChI is InChI=1S/C20H25NO2/c1-14(11-15-7-5-4-6-8-15)21-17-12-16-9-10-19(22-2)20(23-3)18(16)13-17/h4-10,14,17,21H,11-13H2,1-3H3. The number of fused-ring (bicyclic) bond motifs is 1. The van der Waals surface area contributed by atoms with Gasteiger partial charge in [-0.1, -0.05) is 36.4 Å². The van der Waals surface area contributed by atoms with Gasteiger partial charge in [0.25, 0.3) is 0 Å². The van der Waals surface area contributed by atoms with Crippen molar-refractivity contribution < 1.29 is 9.47 Å². The Bertz CT molecular complexity index is 654. The lowest BCUT2D eigenvalue weighted by molar-refractivity contribution is 0.351. The highest BCUT2D eigenvalue weighted by atomic mass is 16.5. The van der Waals surface area contributed by atoms with Crippen LogP contribution >= 0.6 is 0 Å². The Hall–Kier alpha value is -2.00. The van der Waals surface area contributed by atoms with E-state index in [9.17, 15) is 0 Å². The summed E-state index contributed by atoms with van der Waals surface area (Å²) >= 11 is 0. The van der Waals surface area contributed by atoms with Crippen LogP contribution in [0.5, 0.6) is 11.5 Å². The summed E-state index contributed by atoms with van der Waals surface area (Å²) in [6.07, 6.45) is 3.10. The van der Waals surface area contributed by atoms with E-state index in [0.717, 1.165) is 30.8 Å². The van der Waals surface area contributed by atoms with Crippen molar-refractivity contribution in [1.29, 1.82) is 0 Å². The van der Waals surface area contributed by atoms with Crippen LogP contribution in [0.1, 0.15) is 23.6 Å². The first-order chi connectivity index (χ1) is 11.2. The predicted octanol–water partition coefficient (Wildman–Crippen LogP) is 3.39. The highest BCUT2D eigenvalue weighted by molar-refractivity contribution is 5.53. The minimum Gasteiger partial charge on any atom is -0.493 e. The van der Waals surface area contributed by atoms with E-state index in [0.29, 0.717) is 12.1 Å². The lowest BCUT2D eigenvalue weighted by Crippen LogP contribution is -2.38. The van der Waals surface area contributed by atoms with Crippen LogP contribution in [-0.4, -0.2) is 26.3 Å². The van der Waals surface area contributed by atoms with Gasteiger partial charge in [0.05, 0.1) is 14.2 Å². The van der Waals surface area contributed by atoms with Crippen LogP contribution in [0.3, 0.4) is 0 Å². The van der Waals surface area contributed by atoms with Gasteiger partial charge >= 0.3 is 0 Å². The number of rotatable bonds is 6. The van der Waals surface area contributed by atoms with Gasteiger partial charge in [-0.05, 0) is 43.4 Å². The summed E-state index contributed by atoms with van der Waals surface area (Å²) in [7, 11) is 3.41. The maximum atomic E-state index is 5.58. The number of ether oxygens (including phenoxy) is 2. The van der Waals surface area contributed by atoms with Crippen LogP contribution in [-0.2, 0) is 19.3 Å². The molecule has 0 bridgehead atoms. The fourth-order valence-electron chi connectivity index (χ4n) is 3.58. The third kappa shape index (κ3) is 3.50. The number of hydrogen-bond acceptors (Lipinski definition) is 3. The summed E-state index contributed by atoms with van der Waals surface area (Å²) < 4.78 is 11.0. The van der Waals surface area contributed by atoms with Crippen LogP contribution in [0.15, 0.2) is 42.5 Å². The summed E-state index contributed by atoms with van der Waals surface area (Å²) in [6.45, 7) is 2.26. The van der Waals surface area contributed by atoms with Crippen molar-refractivity contribution in [2.24, 2.45) is 0 Å². The SMILES string of the molecule is COc1ccc2c(c1OC)CC(NC(C)Cc1ccccc1)C2. The van der Waals surface area contributed by atoms with Gasteiger partial charge in [0.1, 0.15) is 0 Å². The Morgan fingerprint density at radius 1 is 1.04 bits per heavy atom. The van der Waals surface area contributed by atoms with Crippen molar-refractivity contribution in [2.45, 2.75) is 38.3 Å². The average Bonchev–Trinajstić information content (AvgIpc) is 2.96. The fourth-order valence-corrected chi connectivity index (χ4v) is 3.58. The van der Waals surface area contributed by atoms with E-state index in [1.165, 1.54) is 16.7 Å². The topological polar surface area (TPSA) is 30.5 Å².